The fraction of sp³-hybridized carbons (Fsp3) is 0.250. The molecule has 1 N–H and O–H groups in total. The summed E-state index contributed by atoms with van der Waals surface area (Å²) in [6, 6.07) is 4.88. The van der Waals surface area contributed by atoms with Crippen LogP contribution >= 0.6 is 0 Å². The van der Waals surface area contributed by atoms with Crippen LogP contribution in [0.2, 0.25) is 0 Å². The smallest absolute Gasteiger partial charge is 0.152 e. The maximum Gasteiger partial charge on any atom is 0.152 e. The van der Waals surface area contributed by atoms with Crippen LogP contribution in [0.4, 0.5) is 4.39 Å². The fourth-order valence-corrected chi connectivity index (χ4v) is 2.41. The molecule has 0 radical (unpaired) electrons. The number of fused-ring (bicyclic) bond motifs is 3. The van der Waals surface area contributed by atoms with E-state index < -0.39 is 0 Å². The Kier molecular flexibility index (Phi) is 2.04. The van der Waals surface area contributed by atoms with Gasteiger partial charge in [-0.15, -0.1) is 0 Å². The van der Waals surface area contributed by atoms with Crippen LogP contribution in [0.1, 0.15) is 16.1 Å². The molecule has 16 heavy (non-hydrogen) atoms. The summed E-state index contributed by atoms with van der Waals surface area (Å²) in [7, 11) is 0. The number of nitrogens with one attached hydrogen (secondary N) is 1. The molecular weight excluding hydrogens is 207 g/mol. The molecule has 2 aromatic rings. The number of aldehydes is 1. The van der Waals surface area contributed by atoms with Crippen molar-refractivity contribution in [2.75, 3.05) is 6.54 Å². The minimum absolute atomic E-state index is 0.256. The van der Waals surface area contributed by atoms with E-state index in [1.165, 1.54) is 6.07 Å². The first-order chi connectivity index (χ1) is 7.83. The van der Waals surface area contributed by atoms with Crippen LogP contribution in [0.25, 0.3) is 10.9 Å². The molecule has 1 aliphatic rings. The molecule has 1 aromatic carbocycles. The summed E-state index contributed by atoms with van der Waals surface area (Å²) in [4.78, 5) is 11.1. The highest BCUT2D eigenvalue weighted by Gasteiger charge is 2.20. The molecule has 0 bridgehead atoms. The summed E-state index contributed by atoms with van der Waals surface area (Å²) in [6.45, 7) is 2.15. The third-order valence-corrected chi connectivity index (χ3v) is 3.11. The van der Waals surface area contributed by atoms with Gasteiger partial charge in [-0.1, -0.05) is 12.1 Å². The number of rotatable bonds is 1. The summed E-state index contributed by atoms with van der Waals surface area (Å²) in [5.74, 6) is -0.256. The summed E-state index contributed by atoms with van der Waals surface area (Å²) >= 11 is 0. The van der Waals surface area contributed by atoms with E-state index in [1.807, 2.05) is 4.57 Å². The lowest BCUT2D eigenvalue weighted by Gasteiger charge is -2.17. The van der Waals surface area contributed by atoms with Crippen molar-refractivity contribution in [1.82, 2.24) is 9.88 Å². The number of benzene rings is 1. The maximum absolute atomic E-state index is 13.8. The van der Waals surface area contributed by atoms with Gasteiger partial charge in [0.25, 0.3) is 0 Å². The fourth-order valence-electron chi connectivity index (χ4n) is 2.41. The molecule has 4 heteroatoms. The molecule has 0 saturated carbocycles. The highest BCUT2D eigenvalue weighted by atomic mass is 19.1. The highest BCUT2D eigenvalue weighted by molar-refractivity contribution is 5.99. The summed E-state index contributed by atoms with van der Waals surface area (Å²) in [6.07, 6.45) is 0.820. The van der Waals surface area contributed by atoms with Gasteiger partial charge < -0.3 is 9.88 Å². The summed E-state index contributed by atoms with van der Waals surface area (Å²) in [5, 5.41) is 3.91. The van der Waals surface area contributed by atoms with Gasteiger partial charge in [-0.05, 0) is 6.07 Å². The number of nitrogens with zero attached hydrogens (tertiary/aromatic N) is 1. The Labute approximate surface area is 91.9 Å². The lowest BCUT2D eigenvalue weighted by molar-refractivity contribution is 0.112. The van der Waals surface area contributed by atoms with E-state index in [0.29, 0.717) is 29.6 Å². The van der Waals surface area contributed by atoms with E-state index in [9.17, 15) is 9.18 Å². The summed E-state index contributed by atoms with van der Waals surface area (Å²) < 4.78 is 15.7. The van der Waals surface area contributed by atoms with Crippen LogP contribution in [0.15, 0.2) is 18.2 Å². The topological polar surface area (TPSA) is 34.0 Å². The number of carbonyl (C=O) groups excluding carboxylic acids is 1. The third kappa shape index (κ3) is 1.13. The van der Waals surface area contributed by atoms with Crippen LogP contribution in [0.5, 0.6) is 0 Å². The number of hydrogen-bond acceptors (Lipinski definition) is 2. The van der Waals surface area contributed by atoms with E-state index in [2.05, 4.69) is 5.32 Å². The van der Waals surface area contributed by atoms with Gasteiger partial charge in [-0.25, -0.2) is 4.39 Å². The monoisotopic (exact) mass is 218 g/mol. The number of para-hydroxylation sites is 1. The van der Waals surface area contributed by atoms with Crippen molar-refractivity contribution in [1.29, 1.82) is 0 Å². The van der Waals surface area contributed by atoms with Crippen molar-refractivity contribution >= 4 is 17.2 Å². The molecule has 82 valence electrons. The van der Waals surface area contributed by atoms with E-state index in [0.717, 1.165) is 18.5 Å². The first kappa shape index (κ1) is 9.54. The molecule has 0 unspecified atom stereocenters. The summed E-state index contributed by atoms with van der Waals surface area (Å²) in [5.41, 5.74) is 2.06. The van der Waals surface area contributed by atoms with Gasteiger partial charge in [0.1, 0.15) is 5.82 Å². The Balaban J connectivity index is 2.46. The van der Waals surface area contributed by atoms with Gasteiger partial charge >= 0.3 is 0 Å². The lowest BCUT2D eigenvalue weighted by Crippen LogP contribution is -2.28. The molecular formula is C12H11FN2O. The van der Waals surface area contributed by atoms with E-state index >= 15 is 0 Å². The van der Waals surface area contributed by atoms with Gasteiger partial charge in [0.2, 0.25) is 0 Å². The number of halogens is 1. The number of hydrogen-bond donors (Lipinski definition) is 1. The zero-order chi connectivity index (χ0) is 11.1. The Bertz CT molecular complexity index is 574. The minimum Gasteiger partial charge on any atom is -0.339 e. The Hall–Kier alpha value is -1.68. The van der Waals surface area contributed by atoms with Crippen LogP contribution in [0.3, 0.4) is 0 Å². The quantitative estimate of drug-likeness (QED) is 0.739. The SMILES string of the molecule is O=Cc1c2n(c3c(F)cccc13)CCNC2. The Morgan fingerprint density at radius 2 is 2.31 bits per heavy atom. The highest BCUT2D eigenvalue weighted by Crippen LogP contribution is 2.28. The Morgan fingerprint density at radius 3 is 3.12 bits per heavy atom. The van der Waals surface area contributed by atoms with E-state index in [-0.39, 0.29) is 5.82 Å². The second-order valence-corrected chi connectivity index (χ2v) is 3.94. The lowest BCUT2D eigenvalue weighted by atomic mass is 10.1. The van der Waals surface area contributed by atoms with Gasteiger partial charge in [0.15, 0.2) is 6.29 Å². The molecule has 0 amide bonds. The zero-order valence-electron chi connectivity index (χ0n) is 8.66. The number of carbonyl (C=O) groups is 1. The van der Waals surface area contributed by atoms with Crippen molar-refractivity contribution in [2.24, 2.45) is 0 Å². The average Bonchev–Trinajstić information content (AvgIpc) is 2.64. The molecule has 0 fully saturated rings. The second kappa shape index (κ2) is 3.42. The standard InChI is InChI=1S/C12H11FN2O/c13-10-3-1-2-8-9(7-16)11-6-14-4-5-15(11)12(8)10/h1-3,7,14H,4-6H2. The van der Waals surface area contributed by atoms with Crippen LogP contribution in [0, 0.1) is 5.82 Å². The normalized spacial score (nSPS) is 15.1. The van der Waals surface area contributed by atoms with Crippen molar-refractivity contribution in [3.8, 4) is 0 Å². The zero-order valence-corrected chi connectivity index (χ0v) is 8.66. The maximum atomic E-state index is 13.8. The molecule has 0 saturated heterocycles. The molecule has 0 spiro atoms. The molecule has 1 aromatic heterocycles. The molecule has 3 rings (SSSR count). The first-order valence-electron chi connectivity index (χ1n) is 5.28. The van der Waals surface area contributed by atoms with Crippen molar-refractivity contribution in [3.05, 3.63) is 35.3 Å². The van der Waals surface area contributed by atoms with Crippen LogP contribution < -0.4 is 5.32 Å². The van der Waals surface area contributed by atoms with Gasteiger partial charge in [0, 0.05) is 36.3 Å². The molecule has 1 aliphatic heterocycles. The Morgan fingerprint density at radius 1 is 1.44 bits per heavy atom. The average molecular weight is 218 g/mol. The molecule has 3 nitrogen and oxygen atoms in total. The van der Waals surface area contributed by atoms with Crippen molar-refractivity contribution in [3.63, 3.8) is 0 Å². The predicted octanol–water partition coefficient (Wildman–Crippen LogP) is 1.70. The molecule has 0 aliphatic carbocycles. The van der Waals surface area contributed by atoms with Gasteiger partial charge in [0.05, 0.1) is 5.52 Å². The predicted molar refractivity (Wildman–Crippen MR) is 59.0 cm³/mol. The third-order valence-electron chi connectivity index (χ3n) is 3.11. The minimum atomic E-state index is -0.256. The van der Waals surface area contributed by atoms with Gasteiger partial charge in [-0.2, -0.15) is 0 Å². The molecule has 0 atom stereocenters. The van der Waals surface area contributed by atoms with Crippen molar-refractivity contribution < 1.29 is 9.18 Å². The first-order valence-corrected chi connectivity index (χ1v) is 5.28. The second-order valence-electron chi connectivity index (χ2n) is 3.94. The van der Waals surface area contributed by atoms with E-state index in [1.54, 1.807) is 12.1 Å². The van der Waals surface area contributed by atoms with Gasteiger partial charge in [-0.3, -0.25) is 4.79 Å². The van der Waals surface area contributed by atoms with Crippen LogP contribution in [-0.4, -0.2) is 17.4 Å². The van der Waals surface area contributed by atoms with E-state index in [4.69, 9.17) is 0 Å². The van der Waals surface area contributed by atoms with Crippen molar-refractivity contribution in [2.45, 2.75) is 13.1 Å². The van der Waals surface area contributed by atoms with Crippen LogP contribution in [-0.2, 0) is 13.1 Å². The largest absolute Gasteiger partial charge is 0.339 e. The number of aromatic nitrogens is 1. The molecule has 2 heterocycles.